The van der Waals surface area contributed by atoms with E-state index in [1.807, 2.05) is 13.8 Å². The Hall–Kier alpha value is -2.53. The normalized spacial score (nSPS) is 11.6. The maximum absolute atomic E-state index is 11.7. The van der Waals surface area contributed by atoms with Gasteiger partial charge >= 0.3 is 7.12 Å². The van der Waals surface area contributed by atoms with Gasteiger partial charge in [0.1, 0.15) is 5.69 Å². The largest absolute Gasteiger partial charge is 0.475 e. The van der Waals surface area contributed by atoms with Crippen molar-refractivity contribution in [1.82, 2.24) is 25.9 Å². The van der Waals surface area contributed by atoms with E-state index in [1.165, 1.54) is 18.6 Å². The van der Waals surface area contributed by atoms with Gasteiger partial charge in [-0.2, -0.15) is 0 Å². The van der Waals surface area contributed by atoms with E-state index in [0.717, 1.165) is 0 Å². The monoisotopic (exact) mass is 351 g/mol. The third-order valence-corrected chi connectivity index (χ3v) is 3.08. The molecule has 1 aromatic rings. The fraction of sp³-hybridized carbons (Fsp3) is 0.500. The van der Waals surface area contributed by atoms with E-state index in [9.17, 15) is 24.4 Å². The molecule has 0 saturated carbocycles. The molecule has 0 bridgehead atoms. The first-order valence-corrected chi connectivity index (χ1v) is 7.76. The van der Waals surface area contributed by atoms with E-state index in [-0.39, 0.29) is 24.7 Å². The lowest BCUT2D eigenvalue weighted by molar-refractivity contribution is -0.125. The lowest BCUT2D eigenvalue weighted by Crippen LogP contribution is -2.50. The minimum atomic E-state index is -1.69. The number of aromatic nitrogens is 2. The predicted octanol–water partition coefficient (Wildman–Crippen LogP) is -2.13. The second-order valence-electron chi connectivity index (χ2n) is 5.77. The molecule has 0 aliphatic rings. The minimum Gasteiger partial charge on any atom is -0.426 e. The van der Waals surface area contributed by atoms with Crippen molar-refractivity contribution >= 4 is 24.8 Å². The number of rotatable bonds is 9. The van der Waals surface area contributed by atoms with Crippen molar-refractivity contribution in [2.75, 3.05) is 13.1 Å². The van der Waals surface area contributed by atoms with Crippen LogP contribution in [-0.2, 0) is 9.59 Å². The Labute approximate surface area is 145 Å². The van der Waals surface area contributed by atoms with Gasteiger partial charge in [-0.15, -0.1) is 0 Å². The molecule has 0 spiro atoms. The minimum absolute atomic E-state index is 0.0708. The van der Waals surface area contributed by atoms with Gasteiger partial charge in [0.25, 0.3) is 5.91 Å². The maximum atomic E-state index is 11.7. The average Bonchev–Trinajstić information content (AvgIpc) is 2.57. The first kappa shape index (κ1) is 20.5. The molecule has 0 radical (unpaired) electrons. The number of nitrogens with one attached hydrogen (secondary N) is 3. The average molecular weight is 351 g/mol. The summed E-state index contributed by atoms with van der Waals surface area (Å²) in [6.07, 6.45) is 4.40. The highest BCUT2D eigenvalue weighted by Crippen LogP contribution is 2.05. The Bertz CT molecular complexity index is 584. The van der Waals surface area contributed by atoms with Gasteiger partial charge in [0.05, 0.1) is 25.2 Å². The van der Waals surface area contributed by atoms with Crippen LogP contribution in [-0.4, -0.2) is 63.9 Å². The quantitative estimate of drug-likeness (QED) is 0.318. The highest BCUT2D eigenvalue weighted by atomic mass is 16.4. The van der Waals surface area contributed by atoms with E-state index >= 15 is 0 Å². The van der Waals surface area contributed by atoms with Gasteiger partial charge in [-0.05, 0) is 12.3 Å². The topological polar surface area (TPSA) is 154 Å². The molecule has 0 unspecified atom stereocenters. The molecule has 0 saturated heterocycles. The van der Waals surface area contributed by atoms with Crippen molar-refractivity contribution < 1.29 is 24.4 Å². The summed E-state index contributed by atoms with van der Waals surface area (Å²) in [6, 6.07) is 0. The summed E-state index contributed by atoms with van der Waals surface area (Å²) < 4.78 is 0. The second-order valence-corrected chi connectivity index (χ2v) is 5.77. The molecule has 1 rings (SSSR count). The van der Waals surface area contributed by atoms with Crippen molar-refractivity contribution in [3.63, 3.8) is 0 Å². The van der Waals surface area contributed by atoms with E-state index < -0.39 is 30.8 Å². The zero-order valence-electron chi connectivity index (χ0n) is 14.1. The molecule has 3 amide bonds. The number of amides is 3. The molecule has 0 aliphatic carbocycles. The van der Waals surface area contributed by atoms with Gasteiger partial charge in [-0.25, -0.2) is 4.98 Å². The van der Waals surface area contributed by atoms with E-state index in [4.69, 9.17) is 0 Å². The van der Waals surface area contributed by atoms with Crippen LogP contribution in [0.5, 0.6) is 0 Å². The summed E-state index contributed by atoms with van der Waals surface area (Å²) in [5, 5.41) is 25.6. The van der Waals surface area contributed by atoms with Gasteiger partial charge in [0.2, 0.25) is 11.8 Å². The summed E-state index contributed by atoms with van der Waals surface area (Å²) in [5.41, 5.74) is 0.0708. The molecule has 1 aromatic heterocycles. The standard InChI is InChI=1S/C14H22BN5O5/c1-9(2)5-11(15(24)25)20-13(22)8-18-12(21)7-19-14(23)10-6-16-3-4-17-10/h3-4,6,9,11,24-25H,5,7-8H2,1-2H3,(H,18,21)(H,19,23)(H,20,22)/t11-/m0/s1. The number of carbonyl (C=O) groups is 3. The van der Waals surface area contributed by atoms with Crippen LogP contribution in [0.15, 0.2) is 18.6 Å². The van der Waals surface area contributed by atoms with Crippen molar-refractivity contribution in [2.24, 2.45) is 5.92 Å². The number of nitrogens with zero attached hydrogens (tertiary/aromatic N) is 2. The van der Waals surface area contributed by atoms with Crippen LogP contribution in [0.2, 0.25) is 0 Å². The van der Waals surface area contributed by atoms with E-state index in [1.54, 1.807) is 0 Å². The highest BCUT2D eigenvalue weighted by molar-refractivity contribution is 6.43. The van der Waals surface area contributed by atoms with E-state index in [2.05, 4.69) is 25.9 Å². The molecule has 0 fully saturated rings. The van der Waals surface area contributed by atoms with Crippen LogP contribution < -0.4 is 16.0 Å². The fourth-order valence-corrected chi connectivity index (χ4v) is 1.93. The fourth-order valence-electron chi connectivity index (χ4n) is 1.93. The van der Waals surface area contributed by atoms with Gasteiger partial charge < -0.3 is 26.0 Å². The zero-order chi connectivity index (χ0) is 18.8. The summed E-state index contributed by atoms with van der Waals surface area (Å²) in [7, 11) is -1.69. The van der Waals surface area contributed by atoms with Crippen molar-refractivity contribution in [3.8, 4) is 0 Å². The number of hydrogen-bond donors (Lipinski definition) is 5. The van der Waals surface area contributed by atoms with Crippen LogP contribution >= 0.6 is 0 Å². The zero-order valence-corrected chi connectivity index (χ0v) is 14.1. The second kappa shape index (κ2) is 10.4. The van der Waals surface area contributed by atoms with Crippen molar-refractivity contribution in [2.45, 2.75) is 26.2 Å². The number of carbonyl (C=O) groups excluding carboxylic acids is 3. The Morgan fingerprint density at radius 1 is 1.12 bits per heavy atom. The lowest BCUT2D eigenvalue weighted by atomic mass is 9.75. The van der Waals surface area contributed by atoms with Crippen LogP contribution in [0.1, 0.15) is 30.8 Å². The molecule has 1 heterocycles. The molecule has 5 N–H and O–H groups in total. The van der Waals surface area contributed by atoms with Crippen LogP contribution in [0.4, 0.5) is 0 Å². The molecule has 1 atom stereocenters. The molecule has 0 aromatic carbocycles. The summed E-state index contributed by atoms with van der Waals surface area (Å²) in [6.45, 7) is 3.08. The molecule has 136 valence electrons. The number of hydrogen-bond acceptors (Lipinski definition) is 7. The predicted molar refractivity (Wildman–Crippen MR) is 89.0 cm³/mol. The smallest absolute Gasteiger partial charge is 0.426 e. The first-order valence-electron chi connectivity index (χ1n) is 7.76. The third-order valence-electron chi connectivity index (χ3n) is 3.08. The summed E-state index contributed by atoms with van der Waals surface area (Å²) in [4.78, 5) is 42.6. The third kappa shape index (κ3) is 8.22. The molecular weight excluding hydrogens is 329 g/mol. The Morgan fingerprint density at radius 2 is 1.80 bits per heavy atom. The van der Waals surface area contributed by atoms with Gasteiger partial charge in [0.15, 0.2) is 0 Å². The van der Waals surface area contributed by atoms with Gasteiger partial charge in [0, 0.05) is 12.4 Å². The van der Waals surface area contributed by atoms with Crippen LogP contribution in [0.3, 0.4) is 0 Å². The highest BCUT2D eigenvalue weighted by Gasteiger charge is 2.26. The SMILES string of the molecule is CC(C)C[C@H](NC(=O)CNC(=O)CNC(=O)c1cnccn1)B(O)O. The molecule has 25 heavy (non-hydrogen) atoms. The van der Waals surface area contributed by atoms with Gasteiger partial charge in [-0.3, -0.25) is 19.4 Å². The summed E-state index contributed by atoms with van der Waals surface area (Å²) in [5.74, 6) is -2.36. The van der Waals surface area contributed by atoms with E-state index in [0.29, 0.717) is 6.42 Å². The Balaban J connectivity index is 2.33. The maximum Gasteiger partial charge on any atom is 0.475 e. The molecule has 0 aliphatic heterocycles. The first-order chi connectivity index (χ1) is 11.8. The van der Waals surface area contributed by atoms with Gasteiger partial charge in [-0.1, -0.05) is 13.8 Å². The van der Waals surface area contributed by atoms with Crippen LogP contribution in [0.25, 0.3) is 0 Å². The molecule has 10 nitrogen and oxygen atoms in total. The molecular formula is C14H22BN5O5. The molecule has 11 heteroatoms. The van der Waals surface area contributed by atoms with Crippen molar-refractivity contribution in [3.05, 3.63) is 24.3 Å². The Morgan fingerprint density at radius 3 is 2.36 bits per heavy atom. The Kier molecular flexibility index (Phi) is 8.51. The summed E-state index contributed by atoms with van der Waals surface area (Å²) >= 11 is 0. The lowest BCUT2D eigenvalue weighted by Gasteiger charge is -2.19. The van der Waals surface area contributed by atoms with Crippen molar-refractivity contribution in [1.29, 1.82) is 0 Å². The van der Waals surface area contributed by atoms with Crippen LogP contribution in [0, 0.1) is 5.92 Å².